The molecule has 3 heteroatoms. The van der Waals surface area contributed by atoms with Crippen molar-refractivity contribution in [3.8, 4) is 0 Å². The third-order valence-electron chi connectivity index (χ3n) is 1.85. The first-order valence-electron chi connectivity index (χ1n) is 4.71. The Morgan fingerprint density at radius 1 is 1.31 bits per heavy atom. The van der Waals surface area contributed by atoms with Gasteiger partial charge in [-0.05, 0) is 19.1 Å². The molecule has 0 N–H and O–H groups in total. The number of hydrogen-bond donors (Lipinski definition) is 0. The quantitative estimate of drug-likeness (QED) is 0.693. The van der Waals surface area contributed by atoms with Crippen molar-refractivity contribution in [3.63, 3.8) is 0 Å². The van der Waals surface area contributed by atoms with Crippen LogP contribution in [0.1, 0.15) is 12.7 Å². The van der Waals surface area contributed by atoms with Gasteiger partial charge in [0.2, 0.25) is 0 Å². The van der Waals surface area contributed by atoms with Crippen molar-refractivity contribution >= 4 is 13.5 Å². The molecule has 0 spiro atoms. The van der Waals surface area contributed by atoms with Crippen LogP contribution in [-0.4, -0.2) is 14.7 Å². The fourth-order valence-corrected chi connectivity index (χ4v) is 2.08. The van der Waals surface area contributed by atoms with Crippen LogP contribution in [0, 0.1) is 0 Å². The van der Waals surface area contributed by atoms with Crippen molar-refractivity contribution < 1.29 is 9.15 Å². The molecule has 74 valence electrons. The van der Waals surface area contributed by atoms with E-state index in [9.17, 15) is 0 Å². The summed E-state index contributed by atoms with van der Waals surface area (Å²) in [7, 11) is -1.27. The lowest BCUT2D eigenvalue weighted by molar-refractivity contribution is 0.119. The molecule has 13 heavy (non-hydrogen) atoms. The first-order chi connectivity index (χ1) is 6.04. The molecule has 0 radical (unpaired) electrons. The van der Waals surface area contributed by atoms with E-state index in [1.165, 1.54) is 0 Å². The second kappa shape index (κ2) is 4.11. The molecule has 1 rings (SSSR count). The minimum Gasteiger partial charge on any atom is -0.469 e. The van der Waals surface area contributed by atoms with Gasteiger partial charge in [0.1, 0.15) is 20.4 Å². The molecule has 2 nitrogen and oxygen atoms in total. The summed E-state index contributed by atoms with van der Waals surface area (Å²) < 4.78 is 11.0. The van der Waals surface area contributed by atoms with E-state index in [-0.39, 0.29) is 0 Å². The van der Waals surface area contributed by atoms with Gasteiger partial charge in [0.25, 0.3) is 0 Å². The highest BCUT2D eigenvalue weighted by atomic mass is 28.3. The summed E-state index contributed by atoms with van der Waals surface area (Å²) in [6.07, 6.45) is 0. The normalized spacial score (nSPS) is 12.0. The fraction of sp³-hybridized carbons (Fsp3) is 0.600. The molecule has 0 amide bonds. The Bertz CT molecular complexity index is 260. The average Bonchev–Trinajstić information content (AvgIpc) is 2.47. The van der Waals surface area contributed by atoms with Crippen LogP contribution in [-0.2, 0) is 11.3 Å². The van der Waals surface area contributed by atoms with E-state index in [0.29, 0.717) is 6.61 Å². The van der Waals surface area contributed by atoms with E-state index in [4.69, 9.17) is 9.15 Å². The van der Waals surface area contributed by atoms with Crippen LogP contribution < -0.4 is 5.38 Å². The van der Waals surface area contributed by atoms with Crippen LogP contribution in [0.3, 0.4) is 0 Å². The predicted octanol–water partition coefficient (Wildman–Crippen LogP) is 2.36. The Balaban J connectivity index is 2.64. The molecular formula is C10H18O2Si. The largest absolute Gasteiger partial charge is 0.469 e. The van der Waals surface area contributed by atoms with Crippen LogP contribution in [0.15, 0.2) is 16.5 Å². The summed E-state index contributed by atoms with van der Waals surface area (Å²) in [6.45, 7) is 10.1. The zero-order chi connectivity index (χ0) is 9.90. The maximum absolute atomic E-state index is 5.69. The van der Waals surface area contributed by atoms with E-state index in [1.54, 1.807) is 0 Å². The predicted molar refractivity (Wildman–Crippen MR) is 57.0 cm³/mol. The number of rotatable bonds is 4. The van der Waals surface area contributed by atoms with Gasteiger partial charge in [0.15, 0.2) is 0 Å². The zero-order valence-electron chi connectivity index (χ0n) is 8.89. The number of hydrogen-bond acceptors (Lipinski definition) is 2. The standard InChI is InChI=1S/C10H18O2Si/c1-5-11-8-9-6-7-10(12-9)13(2,3)4/h6-7H,5,8H2,1-4H3. The summed E-state index contributed by atoms with van der Waals surface area (Å²) in [5.74, 6) is 0.944. The molecule has 0 unspecified atom stereocenters. The van der Waals surface area contributed by atoms with Crippen molar-refractivity contribution in [1.29, 1.82) is 0 Å². The van der Waals surface area contributed by atoms with Crippen LogP contribution >= 0.6 is 0 Å². The highest BCUT2D eigenvalue weighted by Gasteiger charge is 2.20. The molecule has 0 saturated carbocycles. The summed E-state index contributed by atoms with van der Waals surface area (Å²) >= 11 is 0. The molecule has 0 fully saturated rings. The van der Waals surface area contributed by atoms with Crippen LogP contribution in [0.25, 0.3) is 0 Å². The summed E-state index contributed by atoms with van der Waals surface area (Å²) in [5.41, 5.74) is 0. The molecule has 0 bridgehead atoms. The van der Waals surface area contributed by atoms with Crippen molar-refractivity contribution in [1.82, 2.24) is 0 Å². The van der Waals surface area contributed by atoms with Crippen LogP contribution in [0.2, 0.25) is 19.6 Å². The maximum atomic E-state index is 5.69. The monoisotopic (exact) mass is 198 g/mol. The minimum absolute atomic E-state index is 0.598. The van der Waals surface area contributed by atoms with E-state index >= 15 is 0 Å². The second-order valence-corrected chi connectivity index (χ2v) is 9.15. The van der Waals surface area contributed by atoms with Gasteiger partial charge in [-0.15, -0.1) is 0 Å². The highest BCUT2D eigenvalue weighted by molar-refractivity contribution is 6.87. The molecule has 0 aliphatic rings. The Hall–Kier alpha value is -0.543. The molecule has 0 aliphatic carbocycles. The van der Waals surface area contributed by atoms with E-state index in [2.05, 4.69) is 25.7 Å². The smallest absolute Gasteiger partial charge is 0.129 e. The third-order valence-corrected chi connectivity index (χ3v) is 3.60. The zero-order valence-corrected chi connectivity index (χ0v) is 9.89. The van der Waals surface area contributed by atoms with Gasteiger partial charge in [-0.1, -0.05) is 19.6 Å². The molecule has 0 atom stereocenters. The van der Waals surface area contributed by atoms with Gasteiger partial charge >= 0.3 is 0 Å². The van der Waals surface area contributed by atoms with Crippen molar-refractivity contribution in [3.05, 3.63) is 17.9 Å². The van der Waals surface area contributed by atoms with Crippen molar-refractivity contribution in [2.75, 3.05) is 6.61 Å². The first-order valence-corrected chi connectivity index (χ1v) is 8.21. The minimum atomic E-state index is -1.27. The van der Waals surface area contributed by atoms with Crippen molar-refractivity contribution in [2.24, 2.45) is 0 Å². The first kappa shape index (κ1) is 10.5. The molecule has 1 aromatic heterocycles. The Morgan fingerprint density at radius 2 is 2.00 bits per heavy atom. The van der Waals surface area contributed by atoms with Crippen LogP contribution in [0.4, 0.5) is 0 Å². The third kappa shape index (κ3) is 3.01. The second-order valence-electron chi connectivity index (χ2n) is 4.15. The Kier molecular flexibility index (Phi) is 3.33. The number of furan rings is 1. The van der Waals surface area contributed by atoms with Gasteiger partial charge < -0.3 is 9.15 Å². The van der Waals surface area contributed by atoms with Gasteiger partial charge in [0, 0.05) is 6.61 Å². The maximum Gasteiger partial charge on any atom is 0.129 e. The Labute approximate surface area is 80.9 Å². The van der Waals surface area contributed by atoms with Gasteiger partial charge in [0.05, 0.1) is 5.38 Å². The van der Waals surface area contributed by atoms with E-state index < -0.39 is 8.07 Å². The topological polar surface area (TPSA) is 22.4 Å². The molecule has 1 aromatic rings. The van der Waals surface area contributed by atoms with Crippen LogP contribution in [0.5, 0.6) is 0 Å². The molecule has 0 aliphatic heterocycles. The fourth-order valence-electron chi connectivity index (χ4n) is 1.06. The summed E-state index contributed by atoms with van der Waals surface area (Å²) in [5, 5.41) is 1.15. The van der Waals surface area contributed by atoms with E-state index in [0.717, 1.165) is 17.8 Å². The SMILES string of the molecule is CCOCc1ccc([Si](C)(C)C)o1. The van der Waals surface area contributed by atoms with Gasteiger partial charge in [-0.3, -0.25) is 0 Å². The van der Waals surface area contributed by atoms with E-state index in [1.807, 2.05) is 13.0 Å². The summed E-state index contributed by atoms with van der Waals surface area (Å²) in [6, 6.07) is 4.10. The molecule has 0 aromatic carbocycles. The lowest BCUT2D eigenvalue weighted by atomic mass is 10.5. The lowest BCUT2D eigenvalue weighted by Gasteiger charge is -2.11. The highest BCUT2D eigenvalue weighted by Crippen LogP contribution is 2.07. The number of ether oxygens (including phenoxy) is 1. The van der Waals surface area contributed by atoms with Crippen molar-refractivity contribution in [2.45, 2.75) is 33.2 Å². The lowest BCUT2D eigenvalue weighted by Crippen LogP contribution is -2.36. The summed E-state index contributed by atoms with van der Waals surface area (Å²) in [4.78, 5) is 0. The molecular weight excluding hydrogens is 180 g/mol. The molecule has 0 saturated heterocycles. The van der Waals surface area contributed by atoms with Gasteiger partial charge in [-0.25, -0.2) is 0 Å². The molecule has 1 heterocycles. The Morgan fingerprint density at radius 3 is 2.46 bits per heavy atom. The average molecular weight is 198 g/mol. The van der Waals surface area contributed by atoms with Gasteiger partial charge in [-0.2, -0.15) is 0 Å².